The molecule has 1 aliphatic carbocycles. The first-order valence-electron chi connectivity index (χ1n) is 8.27. The highest BCUT2D eigenvalue weighted by molar-refractivity contribution is 5.73. The van der Waals surface area contributed by atoms with Crippen molar-refractivity contribution in [1.82, 2.24) is 10.2 Å². The number of fused-ring (bicyclic) bond motifs is 1. The molecule has 0 radical (unpaired) electrons. The van der Waals surface area contributed by atoms with Crippen LogP contribution in [0.2, 0.25) is 0 Å². The van der Waals surface area contributed by atoms with Gasteiger partial charge in [0.1, 0.15) is 0 Å². The van der Waals surface area contributed by atoms with Gasteiger partial charge in [-0.15, -0.1) is 0 Å². The zero-order valence-electron chi connectivity index (χ0n) is 13.0. The second-order valence-electron chi connectivity index (χ2n) is 6.65. The number of nitrogens with zero attached hydrogens (tertiary/aromatic N) is 1. The highest BCUT2D eigenvalue weighted by atomic mass is 16.1. The van der Waals surface area contributed by atoms with E-state index in [1.807, 2.05) is 0 Å². The first-order valence-corrected chi connectivity index (χ1v) is 8.27. The van der Waals surface area contributed by atoms with Crippen LogP contribution in [0.4, 0.5) is 0 Å². The smallest absolute Gasteiger partial charge is 0.217 e. The van der Waals surface area contributed by atoms with Gasteiger partial charge in [-0.3, -0.25) is 4.79 Å². The molecule has 1 aromatic carbocycles. The number of benzene rings is 1. The minimum absolute atomic E-state index is 0.109. The Labute approximate surface area is 127 Å². The van der Waals surface area contributed by atoms with E-state index in [0.717, 1.165) is 31.8 Å². The van der Waals surface area contributed by atoms with E-state index in [0.29, 0.717) is 6.04 Å². The molecule has 0 aromatic heterocycles. The molecule has 1 N–H and O–H groups in total. The summed E-state index contributed by atoms with van der Waals surface area (Å²) in [4.78, 5) is 13.7. The van der Waals surface area contributed by atoms with Gasteiger partial charge in [0, 0.05) is 32.6 Å². The lowest BCUT2D eigenvalue weighted by atomic mass is 9.83. The molecule has 1 heterocycles. The summed E-state index contributed by atoms with van der Waals surface area (Å²) in [5.74, 6) is 0.912. The summed E-state index contributed by atoms with van der Waals surface area (Å²) in [6.45, 7) is 5.10. The van der Waals surface area contributed by atoms with E-state index in [9.17, 15) is 4.79 Å². The number of piperidine rings is 1. The molecule has 3 nitrogen and oxygen atoms in total. The second kappa shape index (κ2) is 6.61. The summed E-state index contributed by atoms with van der Waals surface area (Å²) in [5.41, 5.74) is 3.11. The van der Waals surface area contributed by atoms with Crippen molar-refractivity contribution < 1.29 is 4.79 Å². The van der Waals surface area contributed by atoms with Gasteiger partial charge >= 0.3 is 0 Å². The Morgan fingerprint density at radius 2 is 1.90 bits per heavy atom. The van der Waals surface area contributed by atoms with Crippen LogP contribution in [-0.2, 0) is 17.6 Å². The SMILES string of the molecule is CC(=O)NC1CCN(CC2CCc3ccccc3C2)CC1. The Bertz CT molecular complexity index is 492. The van der Waals surface area contributed by atoms with Crippen molar-refractivity contribution >= 4 is 5.91 Å². The van der Waals surface area contributed by atoms with Gasteiger partial charge < -0.3 is 10.2 Å². The van der Waals surface area contributed by atoms with E-state index in [2.05, 4.69) is 34.5 Å². The number of rotatable bonds is 3. The maximum atomic E-state index is 11.1. The molecule has 1 fully saturated rings. The number of carbonyl (C=O) groups is 1. The van der Waals surface area contributed by atoms with Gasteiger partial charge in [0.2, 0.25) is 5.91 Å². The van der Waals surface area contributed by atoms with Crippen LogP contribution in [0.5, 0.6) is 0 Å². The van der Waals surface area contributed by atoms with Crippen molar-refractivity contribution in [2.24, 2.45) is 5.92 Å². The fraction of sp³-hybridized carbons (Fsp3) is 0.611. The van der Waals surface area contributed by atoms with Crippen LogP contribution in [0.3, 0.4) is 0 Å². The van der Waals surface area contributed by atoms with Gasteiger partial charge in [0.15, 0.2) is 0 Å². The number of aryl methyl sites for hydroxylation is 1. The summed E-state index contributed by atoms with van der Waals surface area (Å²) < 4.78 is 0. The third kappa shape index (κ3) is 3.85. The molecule has 2 aliphatic rings. The molecule has 1 aromatic rings. The molecule has 0 saturated carbocycles. The molecule has 1 aliphatic heterocycles. The molecule has 0 spiro atoms. The molecular weight excluding hydrogens is 260 g/mol. The largest absolute Gasteiger partial charge is 0.354 e. The minimum atomic E-state index is 0.109. The van der Waals surface area contributed by atoms with Gasteiger partial charge in [-0.25, -0.2) is 0 Å². The first-order chi connectivity index (χ1) is 10.2. The number of carbonyl (C=O) groups excluding carboxylic acids is 1. The molecule has 3 heteroatoms. The van der Waals surface area contributed by atoms with Crippen LogP contribution in [0, 0.1) is 5.92 Å². The van der Waals surface area contributed by atoms with Crippen molar-refractivity contribution in [3.05, 3.63) is 35.4 Å². The van der Waals surface area contributed by atoms with Crippen LogP contribution in [0.15, 0.2) is 24.3 Å². The molecule has 21 heavy (non-hydrogen) atoms. The lowest BCUT2D eigenvalue weighted by Gasteiger charge is -2.35. The molecule has 1 unspecified atom stereocenters. The number of likely N-dealkylation sites (tertiary alicyclic amines) is 1. The van der Waals surface area contributed by atoms with Gasteiger partial charge in [0.25, 0.3) is 0 Å². The Kier molecular flexibility index (Phi) is 4.59. The van der Waals surface area contributed by atoms with E-state index in [4.69, 9.17) is 0 Å². The van der Waals surface area contributed by atoms with Gasteiger partial charge in [-0.1, -0.05) is 24.3 Å². The molecule has 3 rings (SSSR count). The molecule has 114 valence electrons. The standard InChI is InChI=1S/C18H26N2O/c1-14(21)19-18-8-10-20(11-9-18)13-15-6-7-16-4-2-3-5-17(16)12-15/h2-5,15,18H,6-13H2,1H3,(H,19,21). The Morgan fingerprint density at radius 3 is 2.62 bits per heavy atom. The third-order valence-electron chi connectivity index (χ3n) is 4.96. The van der Waals surface area contributed by atoms with E-state index >= 15 is 0 Å². The zero-order valence-corrected chi connectivity index (χ0v) is 13.0. The summed E-state index contributed by atoms with van der Waals surface area (Å²) in [6, 6.07) is 9.30. The van der Waals surface area contributed by atoms with Crippen molar-refractivity contribution in [3.8, 4) is 0 Å². The highest BCUT2D eigenvalue weighted by Crippen LogP contribution is 2.26. The van der Waals surface area contributed by atoms with Crippen LogP contribution in [0.25, 0.3) is 0 Å². The highest BCUT2D eigenvalue weighted by Gasteiger charge is 2.24. The van der Waals surface area contributed by atoms with E-state index < -0.39 is 0 Å². The summed E-state index contributed by atoms with van der Waals surface area (Å²) in [5, 5.41) is 3.05. The lowest BCUT2D eigenvalue weighted by molar-refractivity contribution is -0.119. The fourth-order valence-electron chi connectivity index (χ4n) is 3.84. The van der Waals surface area contributed by atoms with Crippen LogP contribution < -0.4 is 5.32 Å². The zero-order chi connectivity index (χ0) is 14.7. The van der Waals surface area contributed by atoms with Gasteiger partial charge in [-0.2, -0.15) is 0 Å². The van der Waals surface area contributed by atoms with Gasteiger partial charge in [-0.05, 0) is 49.1 Å². The van der Waals surface area contributed by atoms with Crippen molar-refractivity contribution in [1.29, 1.82) is 0 Å². The molecule has 1 saturated heterocycles. The Morgan fingerprint density at radius 1 is 1.19 bits per heavy atom. The summed E-state index contributed by atoms with van der Waals surface area (Å²) in [6.07, 6.45) is 6.00. The second-order valence-corrected chi connectivity index (χ2v) is 6.65. The molecule has 1 atom stereocenters. The van der Waals surface area contributed by atoms with Crippen LogP contribution in [-0.4, -0.2) is 36.5 Å². The average molecular weight is 286 g/mol. The third-order valence-corrected chi connectivity index (χ3v) is 4.96. The number of hydrogen-bond donors (Lipinski definition) is 1. The molecule has 1 amide bonds. The number of hydrogen-bond acceptors (Lipinski definition) is 2. The Balaban J connectivity index is 1.47. The maximum absolute atomic E-state index is 11.1. The van der Waals surface area contributed by atoms with Crippen molar-refractivity contribution in [2.75, 3.05) is 19.6 Å². The van der Waals surface area contributed by atoms with E-state index in [-0.39, 0.29) is 5.91 Å². The minimum Gasteiger partial charge on any atom is -0.354 e. The number of nitrogens with one attached hydrogen (secondary N) is 1. The predicted molar refractivity (Wildman–Crippen MR) is 85.2 cm³/mol. The Hall–Kier alpha value is -1.35. The quantitative estimate of drug-likeness (QED) is 0.925. The van der Waals surface area contributed by atoms with E-state index in [1.165, 1.54) is 25.8 Å². The predicted octanol–water partition coefficient (Wildman–Crippen LogP) is 2.39. The normalized spacial score (nSPS) is 23.6. The monoisotopic (exact) mass is 286 g/mol. The topological polar surface area (TPSA) is 32.3 Å². The van der Waals surface area contributed by atoms with E-state index in [1.54, 1.807) is 18.1 Å². The van der Waals surface area contributed by atoms with Crippen molar-refractivity contribution in [2.45, 2.75) is 45.1 Å². The number of amides is 1. The van der Waals surface area contributed by atoms with Crippen LogP contribution in [0.1, 0.15) is 37.3 Å². The van der Waals surface area contributed by atoms with Crippen molar-refractivity contribution in [3.63, 3.8) is 0 Å². The first kappa shape index (κ1) is 14.6. The summed E-state index contributed by atoms with van der Waals surface area (Å²) >= 11 is 0. The molecular formula is C18H26N2O. The average Bonchev–Trinajstić information content (AvgIpc) is 2.49. The van der Waals surface area contributed by atoms with Crippen LogP contribution >= 0.6 is 0 Å². The summed E-state index contributed by atoms with van der Waals surface area (Å²) in [7, 11) is 0. The van der Waals surface area contributed by atoms with Gasteiger partial charge in [0.05, 0.1) is 0 Å². The fourth-order valence-corrected chi connectivity index (χ4v) is 3.84. The molecule has 0 bridgehead atoms. The maximum Gasteiger partial charge on any atom is 0.217 e. The lowest BCUT2D eigenvalue weighted by Crippen LogP contribution is -2.45.